The molecule has 3 aromatic rings. The molecule has 1 heterocycles. The van der Waals surface area contributed by atoms with Crippen LogP contribution in [0.5, 0.6) is 5.75 Å². The molecule has 0 aliphatic rings. The molecule has 0 unspecified atom stereocenters. The number of hydrogen-bond donors (Lipinski definition) is 1. The standard InChI is InChI=1S/C16H13F2N3OS/c1-10(11-6-8-12(9-7-11)22-15(17)18)20-21-16-19-13-4-2-3-5-14(13)23-16/h2-9,15H,1H3,(H,19,21). The molecule has 0 amide bonds. The summed E-state index contributed by atoms with van der Waals surface area (Å²) < 4.78 is 29.6. The number of hydrogen-bond acceptors (Lipinski definition) is 5. The fourth-order valence-electron chi connectivity index (χ4n) is 1.99. The molecule has 118 valence electrons. The number of fused-ring (bicyclic) bond motifs is 1. The van der Waals surface area contributed by atoms with E-state index in [0.717, 1.165) is 15.8 Å². The van der Waals surface area contributed by atoms with Crippen molar-refractivity contribution in [2.45, 2.75) is 13.5 Å². The van der Waals surface area contributed by atoms with E-state index in [4.69, 9.17) is 0 Å². The van der Waals surface area contributed by atoms with E-state index in [1.807, 2.05) is 31.2 Å². The Morgan fingerprint density at radius 2 is 1.91 bits per heavy atom. The first kappa shape index (κ1) is 15.4. The molecule has 0 aliphatic heterocycles. The number of nitrogens with one attached hydrogen (secondary N) is 1. The predicted molar refractivity (Wildman–Crippen MR) is 88.5 cm³/mol. The van der Waals surface area contributed by atoms with Crippen molar-refractivity contribution in [1.82, 2.24) is 4.98 Å². The number of alkyl halides is 2. The fourth-order valence-corrected chi connectivity index (χ4v) is 2.80. The van der Waals surface area contributed by atoms with Crippen LogP contribution < -0.4 is 10.2 Å². The van der Waals surface area contributed by atoms with Gasteiger partial charge in [-0.05, 0) is 48.9 Å². The summed E-state index contributed by atoms with van der Waals surface area (Å²) in [6.07, 6.45) is 0. The average molecular weight is 333 g/mol. The number of nitrogens with zero attached hydrogens (tertiary/aromatic N) is 2. The maximum absolute atomic E-state index is 12.1. The lowest BCUT2D eigenvalue weighted by molar-refractivity contribution is -0.0498. The molecule has 1 N–H and O–H groups in total. The molecule has 0 aliphatic carbocycles. The van der Waals surface area contributed by atoms with E-state index in [0.29, 0.717) is 10.8 Å². The largest absolute Gasteiger partial charge is 0.435 e. The van der Waals surface area contributed by atoms with Crippen molar-refractivity contribution in [3.63, 3.8) is 0 Å². The van der Waals surface area contributed by atoms with Gasteiger partial charge >= 0.3 is 6.61 Å². The summed E-state index contributed by atoms with van der Waals surface area (Å²) in [4.78, 5) is 4.42. The number of thiazole rings is 1. The minimum Gasteiger partial charge on any atom is -0.435 e. The fraction of sp³-hybridized carbons (Fsp3) is 0.125. The third-order valence-corrected chi connectivity index (χ3v) is 4.05. The summed E-state index contributed by atoms with van der Waals surface area (Å²) in [6.45, 7) is -1.00. The Bertz CT molecular complexity index is 798. The monoisotopic (exact) mass is 333 g/mol. The maximum Gasteiger partial charge on any atom is 0.387 e. The van der Waals surface area contributed by atoms with Crippen LogP contribution in [0.1, 0.15) is 12.5 Å². The van der Waals surface area contributed by atoms with Crippen molar-refractivity contribution in [2.75, 3.05) is 5.43 Å². The number of benzene rings is 2. The van der Waals surface area contributed by atoms with Crippen molar-refractivity contribution in [2.24, 2.45) is 5.10 Å². The van der Waals surface area contributed by atoms with Gasteiger partial charge in [0.1, 0.15) is 5.75 Å². The molecular formula is C16H13F2N3OS. The number of para-hydroxylation sites is 1. The van der Waals surface area contributed by atoms with Crippen LogP contribution >= 0.6 is 11.3 Å². The molecule has 2 aromatic carbocycles. The number of hydrazone groups is 1. The number of anilines is 1. The van der Waals surface area contributed by atoms with Crippen LogP contribution in [-0.2, 0) is 0 Å². The van der Waals surface area contributed by atoms with Crippen molar-refractivity contribution < 1.29 is 13.5 Å². The van der Waals surface area contributed by atoms with E-state index in [1.54, 1.807) is 12.1 Å². The lowest BCUT2D eigenvalue weighted by atomic mass is 10.1. The van der Waals surface area contributed by atoms with Gasteiger partial charge in [0, 0.05) is 0 Å². The van der Waals surface area contributed by atoms with E-state index in [2.05, 4.69) is 20.2 Å². The van der Waals surface area contributed by atoms with Crippen molar-refractivity contribution in [3.8, 4) is 5.75 Å². The lowest BCUT2D eigenvalue weighted by Crippen LogP contribution is -2.03. The highest BCUT2D eigenvalue weighted by molar-refractivity contribution is 7.22. The number of ether oxygens (including phenoxy) is 1. The first-order chi connectivity index (χ1) is 11.1. The lowest BCUT2D eigenvalue weighted by Gasteiger charge is -2.05. The van der Waals surface area contributed by atoms with E-state index in [1.165, 1.54) is 23.5 Å². The van der Waals surface area contributed by atoms with Crippen LogP contribution in [0.15, 0.2) is 53.6 Å². The first-order valence-electron chi connectivity index (χ1n) is 6.83. The Morgan fingerprint density at radius 1 is 1.17 bits per heavy atom. The van der Waals surface area contributed by atoms with Gasteiger partial charge in [-0.1, -0.05) is 23.5 Å². The zero-order chi connectivity index (χ0) is 16.2. The molecular weight excluding hydrogens is 320 g/mol. The van der Waals surface area contributed by atoms with Crippen molar-refractivity contribution >= 4 is 32.4 Å². The van der Waals surface area contributed by atoms with Crippen LogP contribution in [0.25, 0.3) is 10.2 Å². The van der Waals surface area contributed by atoms with Gasteiger partial charge in [-0.15, -0.1) is 0 Å². The average Bonchev–Trinajstić information content (AvgIpc) is 2.95. The van der Waals surface area contributed by atoms with Crippen LogP contribution in [0, 0.1) is 0 Å². The molecule has 3 rings (SSSR count). The van der Waals surface area contributed by atoms with Crippen molar-refractivity contribution in [3.05, 3.63) is 54.1 Å². The molecule has 0 spiro atoms. The molecule has 1 aromatic heterocycles. The molecule has 0 saturated heterocycles. The van der Waals surface area contributed by atoms with Gasteiger partial charge in [0.25, 0.3) is 0 Å². The Balaban J connectivity index is 1.71. The van der Waals surface area contributed by atoms with E-state index < -0.39 is 6.61 Å². The van der Waals surface area contributed by atoms with E-state index >= 15 is 0 Å². The van der Waals surface area contributed by atoms with Crippen molar-refractivity contribution in [1.29, 1.82) is 0 Å². The van der Waals surface area contributed by atoms with Crippen LogP contribution in [-0.4, -0.2) is 17.3 Å². The number of aromatic nitrogens is 1. The van der Waals surface area contributed by atoms with Gasteiger partial charge in [-0.3, -0.25) is 5.43 Å². The smallest absolute Gasteiger partial charge is 0.387 e. The molecule has 0 fully saturated rings. The summed E-state index contributed by atoms with van der Waals surface area (Å²) in [7, 11) is 0. The third-order valence-electron chi connectivity index (χ3n) is 3.11. The van der Waals surface area contributed by atoms with E-state index in [-0.39, 0.29) is 5.75 Å². The molecule has 23 heavy (non-hydrogen) atoms. The minimum absolute atomic E-state index is 0.121. The summed E-state index contributed by atoms with van der Waals surface area (Å²) in [6, 6.07) is 14.2. The first-order valence-corrected chi connectivity index (χ1v) is 7.64. The highest BCUT2D eigenvalue weighted by Crippen LogP contribution is 2.25. The Hall–Kier alpha value is -2.54. The highest BCUT2D eigenvalue weighted by Gasteiger charge is 2.05. The second-order valence-electron chi connectivity index (χ2n) is 4.70. The third kappa shape index (κ3) is 3.81. The molecule has 4 nitrogen and oxygen atoms in total. The Labute approximate surface area is 135 Å². The highest BCUT2D eigenvalue weighted by atomic mass is 32.1. The maximum atomic E-state index is 12.1. The second kappa shape index (κ2) is 6.70. The number of halogens is 2. The predicted octanol–water partition coefficient (Wildman–Crippen LogP) is 4.73. The summed E-state index contributed by atoms with van der Waals surface area (Å²) >= 11 is 1.51. The normalized spacial score (nSPS) is 11.9. The molecule has 0 radical (unpaired) electrons. The SMILES string of the molecule is CC(=NNc1nc2ccccc2s1)c1ccc(OC(F)F)cc1. The van der Waals surface area contributed by atoms with E-state index in [9.17, 15) is 8.78 Å². The molecule has 7 heteroatoms. The molecule has 0 saturated carbocycles. The molecule has 0 bridgehead atoms. The summed E-state index contributed by atoms with van der Waals surface area (Å²) in [5.41, 5.74) is 5.36. The summed E-state index contributed by atoms with van der Waals surface area (Å²) in [5, 5.41) is 4.97. The zero-order valence-electron chi connectivity index (χ0n) is 12.2. The van der Waals surface area contributed by atoms with Gasteiger partial charge in [-0.2, -0.15) is 13.9 Å². The van der Waals surface area contributed by atoms with Gasteiger partial charge in [-0.25, -0.2) is 4.98 Å². The topological polar surface area (TPSA) is 46.5 Å². The Kier molecular flexibility index (Phi) is 4.47. The molecule has 0 atom stereocenters. The van der Waals surface area contributed by atoms with Crippen LogP contribution in [0.2, 0.25) is 0 Å². The van der Waals surface area contributed by atoms with Gasteiger partial charge < -0.3 is 4.74 Å². The Morgan fingerprint density at radius 3 is 2.61 bits per heavy atom. The van der Waals surface area contributed by atoms with Crippen LogP contribution in [0.3, 0.4) is 0 Å². The van der Waals surface area contributed by atoms with Gasteiger partial charge in [0.15, 0.2) is 0 Å². The second-order valence-corrected chi connectivity index (χ2v) is 5.73. The van der Waals surface area contributed by atoms with Crippen LogP contribution in [0.4, 0.5) is 13.9 Å². The minimum atomic E-state index is -2.82. The van der Waals surface area contributed by atoms with Gasteiger partial charge in [0.2, 0.25) is 5.13 Å². The van der Waals surface area contributed by atoms with Gasteiger partial charge in [0.05, 0.1) is 15.9 Å². The quantitative estimate of drug-likeness (QED) is 0.542. The summed E-state index contributed by atoms with van der Waals surface area (Å²) in [5.74, 6) is 0.121. The number of rotatable bonds is 5. The zero-order valence-corrected chi connectivity index (χ0v) is 13.0.